The second kappa shape index (κ2) is 7.09. The van der Waals surface area contributed by atoms with Gasteiger partial charge < -0.3 is 9.30 Å². The molecule has 0 radical (unpaired) electrons. The number of nitrogens with zero attached hydrogens (tertiary/aromatic N) is 4. The van der Waals surface area contributed by atoms with E-state index >= 15 is 0 Å². The van der Waals surface area contributed by atoms with E-state index in [0.29, 0.717) is 31.2 Å². The Hall–Kier alpha value is -1.48. The van der Waals surface area contributed by atoms with Gasteiger partial charge in [-0.15, -0.1) is 0 Å². The van der Waals surface area contributed by atoms with Crippen molar-refractivity contribution in [1.82, 2.24) is 18.8 Å². The van der Waals surface area contributed by atoms with Crippen molar-refractivity contribution in [3.8, 4) is 0 Å². The van der Waals surface area contributed by atoms with Gasteiger partial charge in [0.2, 0.25) is 10.0 Å². The van der Waals surface area contributed by atoms with Crippen molar-refractivity contribution >= 4 is 21.1 Å². The molecule has 0 amide bonds. The average molecular weight is 405 g/mol. The molecule has 5 rings (SSSR count). The summed E-state index contributed by atoms with van der Waals surface area (Å²) in [5.41, 5.74) is 1.79. The first kappa shape index (κ1) is 18.5. The molecule has 3 aliphatic rings. The normalized spacial score (nSPS) is 26.5. The second-order valence-corrected chi connectivity index (χ2v) is 10.1. The van der Waals surface area contributed by atoms with Crippen LogP contribution in [0.15, 0.2) is 23.1 Å². The Balaban J connectivity index is 1.45. The summed E-state index contributed by atoms with van der Waals surface area (Å²) in [6.07, 6.45) is 4.02. The minimum Gasteiger partial charge on any atom is -0.379 e. The zero-order valence-electron chi connectivity index (χ0n) is 16.4. The van der Waals surface area contributed by atoms with Crippen molar-refractivity contribution < 1.29 is 13.2 Å². The van der Waals surface area contributed by atoms with E-state index < -0.39 is 10.0 Å². The van der Waals surface area contributed by atoms with Crippen molar-refractivity contribution in [3.63, 3.8) is 0 Å². The fourth-order valence-electron chi connectivity index (χ4n) is 5.10. The van der Waals surface area contributed by atoms with Crippen LogP contribution in [0.2, 0.25) is 0 Å². The molecule has 3 fully saturated rings. The van der Waals surface area contributed by atoms with E-state index in [1.165, 1.54) is 30.1 Å². The molecule has 0 spiro atoms. The number of rotatable bonds is 5. The summed E-state index contributed by atoms with van der Waals surface area (Å²) in [5.74, 6) is 1.92. The number of benzene rings is 1. The zero-order chi connectivity index (χ0) is 19.3. The van der Waals surface area contributed by atoms with E-state index in [9.17, 15) is 8.42 Å². The van der Waals surface area contributed by atoms with E-state index in [1.807, 2.05) is 6.07 Å². The standard InChI is InChI=1S/C20H28N4O3S/c1-2-24-19-7-6-16(28(25,26)23-8-10-27-11-9-23)12-17(19)21-20(24)14-22-13-15-4-3-5-18(15)22/h6-7,12,15,18H,2-5,8-11,13-14H2,1H3/t15-,18+/m0/s1. The highest BCUT2D eigenvalue weighted by Gasteiger charge is 2.42. The third-order valence-electron chi connectivity index (χ3n) is 6.62. The lowest BCUT2D eigenvalue weighted by atomic mass is 9.92. The second-order valence-electron chi connectivity index (χ2n) is 8.13. The maximum atomic E-state index is 13.0. The van der Waals surface area contributed by atoms with Crippen LogP contribution in [0.25, 0.3) is 11.0 Å². The molecule has 8 heteroatoms. The summed E-state index contributed by atoms with van der Waals surface area (Å²) in [4.78, 5) is 7.72. The minimum atomic E-state index is -3.50. The van der Waals surface area contributed by atoms with Crippen LogP contribution in [0.4, 0.5) is 0 Å². The van der Waals surface area contributed by atoms with Gasteiger partial charge >= 0.3 is 0 Å². The summed E-state index contributed by atoms with van der Waals surface area (Å²) in [6.45, 7) is 6.71. The Bertz CT molecular complexity index is 981. The molecule has 2 aliphatic heterocycles. The maximum Gasteiger partial charge on any atom is 0.243 e. The lowest BCUT2D eigenvalue weighted by Gasteiger charge is -2.44. The molecule has 1 aromatic carbocycles. The first-order chi connectivity index (χ1) is 13.6. The fraction of sp³-hybridized carbons (Fsp3) is 0.650. The number of hydrogen-bond donors (Lipinski definition) is 0. The van der Waals surface area contributed by atoms with Crippen LogP contribution < -0.4 is 0 Å². The number of hydrogen-bond acceptors (Lipinski definition) is 5. The molecule has 1 aromatic heterocycles. The quantitative estimate of drug-likeness (QED) is 0.763. The Labute approximate surface area is 166 Å². The number of fused-ring (bicyclic) bond motifs is 2. The van der Waals surface area contributed by atoms with Crippen LogP contribution in [0.3, 0.4) is 0 Å². The van der Waals surface area contributed by atoms with Crippen molar-refractivity contribution in [2.24, 2.45) is 5.92 Å². The van der Waals surface area contributed by atoms with Gasteiger partial charge in [-0.3, -0.25) is 4.90 Å². The third kappa shape index (κ3) is 2.98. The number of likely N-dealkylation sites (tertiary alicyclic amines) is 1. The van der Waals surface area contributed by atoms with Crippen LogP contribution in [0, 0.1) is 5.92 Å². The van der Waals surface area contributed by atoms with Gasteiger partial charge in [-0.2, -0.15) is 4.31 Å². The van der Waals surface area contributed by atoms with E-state index in [-0.39, 0.29) is 0 Å². The van der Waals surface area contributed by atoms with Crippen molar-refractivity contribution in [2.45, 2.75) is 50.2 Å². The summed E-state index contributed by atoms with van der Waals surface area (Å²) in [7, 11) is -3.50. The van der Waals surface area contributed by atoms with Gasteiger partial charge in [0.05, 0.1) is 35.7 Å². The minimum absolute atomic E-state index is 0.328. The Morgan fingerprint density at radius 3 is 2.79 bits per heavy atom. The van der Waals surface area contributed by atoms with Crippen LogP contribution in [-0.2, 0) is 27.8 Å². The molecule has 2 atom stereocenters. The number of aryl methyl sites for hydroxylation is 1. The molecule has 3 heterocycles. The van der Waals surface area contributed by atoms with Gasteiger partial charge in [0.1, 0.15) is 5.82 Å². The predicted molar refractivity (Wildman–Crippen MR) is 107 cm³/mol. The molecular formula is C20H28N4O3S. The van der Waals surface area contributed by atoms with Crippen LogP contribution in [-0.4, -0.2) is 66.1 Å². The highest BCUT2D eigenvalue weighted by molar-refractivity contribution is 7.89. The predicted octanol–water partition coefficient (Wildman–Crippen LogP) is 2.06. The lowest BCUT2D eigenvalue weighted by molar-refractivity contribution is 0.0273. The molecule has 1 aliphatic carbocycles. The SMILES string of the molecule is CCn1c(CN2C[C@@H]3CCC[C@H]32)nc2cc(S(=O)(=O)N3CCOCC3)ccc21. The molecule has 2 aromatic rings. The first-order valence-electron chi connectivity index (χ1n) is 10.4. The van der Waals surface area contributed by atoms with Crippen LogP contribution in [0.1, 0.15) is 32.0 Å². The van der Waals surface area contributed by atoms with Gasteiger partial charge in [0.25, 0.3) is 0 Å². The Morgan fingerprint density at radius 1 is 1.21 bits per heavy atom. The summed E-state index contributed by atoms with van der Waals surface area (Å²) in [6, 6.07) is 6.10. The number of morpholine rings is 1. The lowest BCUT2D eigenvalue weighted by Crippen LogP contribution is -2.52. The maximum absolute atomic E-state index is 13.0. The number of ether oxygens (including phenoxy) is 1. The molecule has 0 N–H and O–H groups in total. The van der Waals surface area contributed by atoms with E-state index in [2.05, 4.69) is 16.4 Å². The van der Waals surface area contributed by atoms with Crippen molar-refractivity contribution in [2.75, 3.05) is 32.8 Å². The van der Waals surface area contributed by atoms with Crippen molar-refractivity contribution in [1.29, 1.82) is 0 Å². The first-order valence-corrected chi connectivity index (χ1v) is 11.8. The monoisotopic (exact) mass is 404 g/mol. The molecule has 0 bridgehead atoms. The number of aromatic nitrogens is 2. The van der Waals surface area contributed by atoms with E-state index in [4.69, 9.17) is 9.72 Å². The smallest absolute Gasteiger partial charge is 0.243 e. The van der Waals surface area contributed by atoms with Gasteiger partial charge in [0, 0.05) is 32.2 Å². The van der Waals surface area contributed by atoms with Crippen LogP contribution in [0.5, 0.6) is 0 Å². The summed E-state index contributed by atoms with van der Waals surface area (Å²) < 4.78 is 35.0. The topological polar surface area (TPSA) is 67.7 Å². The highest BCUT2D eigenvalue weighted by atomic mass is 32.2. The van der Waals surface area contributed by atoms with Gasteiger partial charge in [-0.1, -0.05) is 6.42 Å². The fourth-order valence-corrected chi connectivity index (χ4v) is 6.53. The van der Waals surface area contributed by atoms with Gasteiger partial charge in [-0.05, 0) is 43.9 Å². The number of sulfonamides is 1. The van der Waals surface area contributed by atoms with Gasteiger partial charge in [0.15, 0.2) is 0 Å². The van der Waals surface area contributed by atoms with Crippen LogP contribution >= 0.6 is 0 Å². The molecule has 28 heavy (non-hydrogen) atoms. The molecule has 2 saturated heterocycles. The largest absolute Gasteiger partial charge is 0.379 e. The Kier molecular flexibility index (Phi) is 4.70. The highest BCUT2D eigenvalue weighted by Crippen LogP contribution is 2.39. The van der Waals surface area contributed by atoms with Crippen molar-refractivity contribution in [3.05, 3.63) is 24.0 Å². The number of imidazole rings is 1. The third-order valence-corrected chi connectivity index (χ3v) is 8.52. The summed E-state index contributed by atoms with van der Waals surface area (Å²) in [5, 5.41) is 0. The summed E-state index contributed by atoms with van der Waals surface area (Å²) >= 11 is 0. The molecule has 0 unspecified atom stereocenters. The van der Waals surface area contributed by atoms with E-state index in [1.54, 1.807) is 12.1 Å². The Morgan fingerprint density at radius 2 is 2.04 bits per heavy atom. The molecular weight excluding hydrogens is 376 g/mol. The van der Waals surface area contributed by atoms with Gasteiger partial charge in [-0.25, -0.2) is 13.4 Å². The molecule has 7 nitrogen and oxygen atoms in total. The molecule has 1 saturated carbocycles. The van der Waals surface area contributed by atoms with E-state index in [0.717, 1.165) is 41.9 Å². The average Bonchev–Trinajstić information content (AvgIpc) is 3.25. The molecule has 152 valence electrons. The zero-order valence-corrected chi connectivity index (χ0v) is 17.2.